The molecule has 26 heavy (non-hydrogen) atoms. The number of benzene rings is 2. The van der Waals surface area contributed by atoms with E-state index in [-0.39, 0.29) is 24.0 Å². The molecule has 0 radical (unpaired) electrons. The maximum Gasteiger partial charge on any atom is 0.221 e. The van der Waals surface area contributed by atoms with Gasteiger partial charge in [-0.1, -0.05) is 42.5 Å². The van der Waals surface area contributed by atoms with Crippen molar-refractivity contribution in [3.05, 3.63) is 65.7 Å². The van der Waals surface area contributed by atoms with Crippen LogP contribution >= 0.6 is 0 Å². The van der Waals surface area contributed by atoms with Gasteiger partial charge in [-0.05, 0) is 48.9 Å². The number of amides is 1. The number of hydrogen-bond acceptors (Lipinski definition) is 3. The summed E-state index contributed by atoms with van der Waals surface area (Å²) in [7, 11) is 1.65. The van der Waals surface area contributed by atoms with E-state index in [9.17, 15) is 9.90 Å². The lowest BCUT2D eigenvalue weighted by Gasteiger charge is -2.27. The van der Waals surface area contributed by atoms with E-state index in [1.807, 2.05) is 42.5 Å². The molecule has 4 nitrogen and oxygen atoms in total. The zero-order chi connectivity index (χ0) is 18.4. The lowest BCUT2D eigenvalue weighted by atomic mass is 9.87. The summed E-state index contributed by atoms with van der Waals surface area (Å²) in [5.41, 5.74) is 2.23. The van der Waals surface area contributed by atoms with Crippen molar-refractivity contribution in [1.82, 2.24) is 5.32 Å². The van der Waals surface area contributed by atoms with Gasteiger partial charge in [0.25, 0.3) is 0 Å². The highest BCUT2D eigenvalue weighted by molar-refractivity contribution is 5.78. The molecule has 1 aliphatic carbocycles. The fourth-order valence-electron chi connectivity index (χ4n) is 3.64. The van der Waals surface area contributed by atoms with Crippen LogP contribution in [0.25, 0.3) is 0 Å². The van der Waals surface area contributed by atoms with Gasteiger partial charge in [-0.15, -0.1) is 0 Å². The molecule has 2 aromatic rings. The second-order valence-electron chi connectivity index (χ2n) is 7.01. The van der Waals surface area contributed by atoms with Gasteiger partial charge >= 0.3 is 0 Å². The van der Waals surface area contributed by atoms with E-state index in [4.69, 9.17) is 4.74 Å². The first-order valence-corrected chi connectivity index (χ1v) is 9.32. The fraction of sp³-hybridized carbons (Fsp3) is 0.409. The molecule has 0 aromatic heterocycles. The molecular formula is C22H27NO3. The van der Waals surface area contributed by atoms with Crippen LogP contribution in [0.15, 0.2) is 54.6 Å². The van der Waals surface area contributed by atoms with Crippen LogP contribution in [0.5, 0.6) is 5.75 Å². The normalized spacial score (nSPS) is 21.0. The number of ether oxygens (including phenoxy) is 1. The van der Waals surface area contributed by atoms with E-state index >= 15 is 0 Å². The minimum atomic E-state index is -0.209. The molecule has 0 bridgehead atoms. The molecule has 1 aliphatic rings. The van der Waals surface area contributed by atoms with E-state index in [2.05, 4.69) is 17.4 Å². The molecule has 3 rings (SSSR count). The van der Waals surface area contributed by atoms with Crippen molar-refractivity contribution in [2.45, 2.75) is 50.2 Å². The van der Waals surface area contributed by atoms with Crippen molar-refractivity contribution in [1.29, 1.82) is 0 Å². The second kappa shape index (κ2) is 8.86. The molecule has 2 aromatic carbocycles. The van der Waals surface area contributed by atoms with Crippen molar-refractivity contribution in [3.63, 3.8) is 0 Å². The molecule has 1 fully saturated rings. The Labute approximate surface area is 155 Å². The van der Waals surface area contributed by atoms with E-state index < -0.39 is 0 Å². The third-order valence-corrected chi connectivity index (χ3v) is 5.17. The lowest BCUT2D eigenvalue weighted by Crippen LogP contribution is -2.39. The zero-order valence-electron chi connectivity index (χ0n) is 15.2. The quantitative estimate of drug-likeness (QED) is 0.834. The van der Waals surface area contributed by atoms with Gasteiger partial charge in [0.15, 0.2) is 0 Å². The third kappa shape index (κ3) is 4.85. The summed E-state index contributed by atoms with van der Waals surface area (Å²) in [5, 5.41) is 12.8. The second-order valence-corrected chi connectivity index (χ2v) is 7.01. The summed E-state index contributed by atoms with van der Waals surface area (Å²) in [4.78, 5) is 12.7. The number of methoxy groups -OCH3 is 1. The summed E-state index contributed by atoms with van der Waals surface area (Å²) in [6.07, 6.45) is 3.45. The van der Waals surface area contributed by atoms with E-state index in [1.54, 1.807) is 7.11 Å². The highest BCUT2D eigenvalue weighted by atomic mass is 16.5. The average Bonchev–Trinajstić information content (AvgIpc) is 2.69. The van der Waals surface area contributed by atoms with Gasteiger partial charge in [0.1, 0.15) is 5.75 Å². The Bertz CT molecular complexity index is 691. The van der Waals surface area contributed by atoms with Gasteiger partial charge in [-0.2, -0.15) is 0 Å². The standard InChI is InChI=1S/C22H27NO3/c1-26-20-13-7-17(8-14-20)21(16-5-3-2-4-6-16)15-22(25)23-18-9-11-19(24)12-10-18/h2-8,13-14,18-19,21,24H,9-12,15H2,1H3,(H,23,25). The zero-order valence-corrected chi connectivity index (χ0v) is 15.2. The Balaban J connectivity index is 1.72. The predicted octanol–water partition coefficient (Wildman–Crippen LogP) is 3.64. The monoisotopic (exact) mass is 353 g/mol. The molecule has 1 unspecified atom stereocenters. The molecule has 0 heterocycles. The Morgan fingerprint density at radius 3 is 2.27 bits per heavy atom. The number of aliphatic hydroxyl groups excluding tert-OH is 1. The number of rotatable bonds is 6. The smallest absolute Gasteiger partial charge is 0.221 e. The Kier molecular flexibility index (Phi) is 6.29. The molecule has 1 saturated carbocycles. The van der Waals surface area contributed by atoms with E-state index in [1.165, 1.54) is 0 Å². The minimum Gasteiger partial charge on any atom is -0.497 e. The molecule has 1 atom stereocenters. The molecular weight excluding hydrogens is 326 g/mol. The molecule has 138 valence electrons. The van der Waals surface area contributed by atoms with Crippen molar-refractivity contribution in [2.75, 3.05) is 7.11 Å². The van der Waals surface area contributed by atoms with Crippen LogP contribution in [0.3, 0.4) is 0 Å². The first kappa shape index (κ1) is 18.5. The maximum absolute atomic E-state index is 12.7. The summed E-state index contributed by atoms with van der Waals surface area (Å²) < 4.78 is 5.25. The Hall–Kier alpha value is -2.33. The Morgan fingerprint density at radius 2 is 1.65 bits per heavy atom. The van der Waals surface area contributed by atoms with Gasteiger partial charge in [0.05, 0.1) is 13.2 Å². The van der Waals surface area contributed by atoms with Crippen LogP contribution in [0, 0.1) is 0 Å². The number of aliphatic hydroxyl groups is 1. The molecule has 1 amide bonds. The molecule has 0 saturated heterocycles. The molecule has 0 aliphatic heterocycles. The lowest BCUT2D eigenvalue weighted by molar-refractivity contribution is -0.122. The predicted molar refractivity (Wildman–Crippen MR) is 102 cm³/mol. The number of carbonyl (C=O) groups is 1. The van der Waals surface area contributed by atoms with Gasteiger partial charge in [0, 0.05) is 18.4 Å². The first-order chi connectivity index (χ1) is 12.7. The first-order valence-electron chi connectivity index (χ1n) is 9.32. The van der Waals surface area contributed by atoms with Crippen molar-refractivity contribution in [3.8, 4) is 5.75 Å². The number of hydrogen-bond donors (Lipinski definition) is 2. The topological polar surface area (TPSA) is 58.6 Å². The van der Waals surface area contributed by atoms with Gasteiger partial charge in [-0.25, -0.2) is 0 Å². The highest BCUT2D eigenvalue weighted by Gasteiger charge is 2.23. The van der Waals surface area contributed by atoms with Crippen LogP contribution in [0.4, 0.5) is 0 Å². The number of nitrogens with one attached hydrogen (secondary N) is 1. The summed E-state index contributed by atoms with van der Waals surface area (Å²) in [6.45, 7) is 0. The third-order valence-electron chi connectivity index (χ3n) is 5.17. The minimum absolute atomic E-state index is 0.0105. The van der Waals surface area contributed by atoms with E-state index in [0.29, 0.717) is 6.42 Å². The molecule has 2 N–H and O–H groups in total. The summed E-state index contributed by atoms with van der Waals surface area (Å²) >= 11 is 0. The van der Waals surface area contributed by atoms with Crippen molar-refractivity contribution >= 4 is 5.91 Å². The molecule has 4 heteroatoms. The Morgan fingerprint density at radius 1 is 1.04 bits per heavy atom. The van der Waals surface area contributed by atoms with Gasteiger partial charge in [-0.3, -0.25) is 4.79 Å². The van der Waals surface area contributed by atoms with Crippen molar-refractivity contribution < 1.29 is 14.6 Å². The van der Waals surface area contributed by atoms with Gasteiger partial charge < -0.3 is 15.2 Å². The highest BCUT2D eigenvalue weighted by Crippen LogP contribution is 2.29. The van der Waals surface area contributed by atoms with Crippen LogP contribution < -0.4 is 10.1 Å². The maximum atomic E-state index is 12.7. The number of carbonyl (C=O) groups excluding carboxylic acids is 1. The van der Waals surface area contributed by atoms with Crippen molar-refractivity contribution in [2.24, 2.45) is 0 Å². The van der Waals surface area contributed by atoms with Crippen LogP contribution in [-0.4, -0.2) is 30.3 Å². The van der Waals surface area contributed by atoms with Crippen LogP contribution in [0.1, 0.15) is 49.1 Å². The van der Waals surface area contributed by atoms with Crippen LogP contribution in [0.2, 0.25) is 0 Å². The summed E-state index contributed by atoms with van der Waals surface area (Å²) in [6, 6.07) is 18.2. The summed E-state index contributed by atoms with van der Waals surface area (Å²) in [5.74, 6) is 0.887. The van der Waals surface area contributed by atoms with Crippen LogP contribution in [-0.2, 0) is 4.79 Å². The largest absolute Gasteiger partial charge is 0.497 e. The van der Waals surface area contributed by atoms with E-state index in [0.717, 1.165) is 42.6 Å². The SMILES string of the molecule is COc1ccc(C(CC(=O)NC2CCC(O)CC2)c2ccccc2)cc1. The van der Waals surface area contributed by atoms with Gasteiger partial charge in [0.2, 0.25) is 5.91 Å². The average molecular weight is 353 g/mol. The molecule has 0 spiro atoms. The fourth-order valence-corrected chi connectivity index (χ4v) is 3.64.